The lowest BCUT2D eigenvalue weighted by Crippen LogP contribution is -2.33. The molecule has 1 atom stereocenters. The van der Waals surface area contributed by atoms with Crippen LogP contribution >= 0.6 is 0 Å². The molecule has 2 N–H and O–H groups in total. The van der Waals surface area contributed by atoms with E-state index in [1.165, 1.54) is 5.56 Å². The molecule has 2 aromatic carbocycles. The Labute approximate surface area is 164 Å². The van der Waals surface area contributed by atoms with Crippen molar-refractivity contribution < 1.29 is 24.2 Å². The Kier molecular flexibility index (Phi) is 7.03. The number of carboxylic acid groups (broad SMARTS) is 1. The second-order valence-corrected chi connectivity index (χ2v) is 6.76. The highest BCUT2D eigenvalue weighted by Crippen LogP contribution is 2.28. The van der Waals surface area contributed by atoms with E-state index in [1.54, 1.807) is 18.2 Å². The third kappa shape index (κ3) is 5.57. The van der Waals surface area contributed by atoms with E-state index in [1.807, 2.05) is 30.3 Å². The van der Waals surface area contributed by atoms with Gasteiger partial charge in [-0.1, -0.05) is 36.4 Å². The Morgan fingerprint density at radius 1 is 1.14 bits per heavy atom. The van der Waals surface area contributed by atoms with Gasteiger partial charge in [-0.3, -0.25) is 4.79 Å². The maximum Gasteiger partial charge on any atom is 0.330 e. The maximum absolute atomic E-state index is 12.2. The van der Waals surface area contributed by atoms with Crippen molar-refractivity contribution >= 4 is 11.9 Å². The molecule has 0 radical (unpaired) electrons. The van der Waals surface area contributed by atoms with Gasteiger partial charge in [-0.15, -0.1) is 0 Å². The molecule has 0 aliphatic carbocycles. The van der Waals surface area contributed by atoms with E-state index in [2.05, 4.69) is 5.32 Å². The molecule has 2 aromatic rings. The predicted octanol–water partition coefficient (Wildman–Crippen LogP) is 2.90. The third-order valence-corrected chi connectivity index (χ3v) is 4.67. The molecule has 0 bridgehead atoms. The van der Waals surface area contributed by atoms with Crippen LogP contribution in [-0.4, -0.2) is 36.8 Å². The van der Waals surface area contributed by atoms with E-state index in [-0.39, 0.29) is 12.3 Å². The zero-order valence-corrected chi connectivity index (χ0v) is 15.7. The summed E-state index contributed by atoms with van der Waals surface area (Å²) in [5.74, 6) is -0.589. The van der Waals surface area contributed by atoms with E-state index >= 15 is 0 Å². The standard InChI is InChI=1S/C22H25NO5/c24-20(7-4-12-27-13-10-16-5-2-1-3-6-16)23-21(22(25)26)18-8-9-19-17(15-18)11-14-28-19/h1-3,5-6,8-9,15,21H,4,7,10-14H2,(H,23,24)(H,25,26). The summed E-state index contributed by atoms with van der Waals surface area (Å²) in [4.78, 5) is 23.8. The highest BCUT2D eigenvalue weighted by molar-refractivity contribution is 5.84. The summed E-state index contributed by atoms with van der Waals surface area (Å²) in [6.45, 7) is 1.67. The number of fused-ring (bicyclic) bond motifs is 1. The number of benzene rings is 2. The summed E-state index contributed by atoms with van der Waals surface area (Å²) in [6, 6.07) is 14.3. The molecule has 0 saturated heterocycles. The Balaban J connectivity index is 1.40. The molecule has 3 rings (SSSR count). The van der Waals surface area contributed by atoms with Crippen LogP contribution in [0.4, 0.5) is 0 Å². The number of amides is 1. The minimum absolute atomic E-state index is 0.225. The van der Waals surface area contributed by atoms with Gasteiger partial charge in [0.2, 0.25) is 5.91 Å². The van der Waals surface area contributed by atoms with Crippen molar-refractivity contribution in [2.24, 2.45) is 0 Å². The molecular weight excluding hydrogens is 358 g/mol. The topological polar surface area (TPSA) is 84.9 Å². The highest BCUT2D eigenvalue weighted by Gasteiger charge is 2.24. The summed E-state index contributed by atoms with van der Waals surface area (Å²) in [5, 5.41) is 12.1. The van der Waals surface area contributed by atoms with Gasteiger partial charge in [0.1, 0.15) is 5.75 Å². The van der Waals surface area contributed by atoms with Gasteiger partial charge in [-0.2, -0.15) is 0 Å². The van der Waals surface area contributed by atoms with Crippen molar-refractivity contribution in [3.63, 3.8) is 0 Å². The van der Waals surface area contributed by atoms with Crippen molar-refractivity contribution in [1.82, 2.24) is 5.32 Å². The monoisotopic (exact) mass is 383 g/mol. The van der Waals surface area contributed by atoms with Gasteiger partial charge in [-0.05, 0) is 41.7 Å². The number of carboxylic acids is 1. The lowest BCUT2D eigenvalue weighted by Gasteiger charge is -2.16. The normalized spacial score (nSPS) is 13.4. The van der Waals surface area contributed by atoms with Crippen LogP contribution in [-0.2, 0) is 27.2 Å². The number of carbonyl (C=O) groups is 2. The summed E-state index contributed by atoms with van der Waals surface area (Å²) in [5.41, 5.74) is 2.75. The first-order chi connectivity index (χ1) is 13.6. The van der Waals surface area contributed by atoms with Gasteiger partial charge >= 0.3 is 5.97 Å². The lowest BCUT2D eigenvalue weighted by molar-refractivity contribution is -0.142. The van der Waals surface area contributed by atoms with E-state index in [9.17, 15) is 14.7 Å². The molecule has 6 heteroatoms. The van der Waals surface area contributed by atoms with Crippen molar-refractivity contribution in [2.75, 3.05) is 19.8 Å². The van der Waals surface area contributed by atoms with Crippen LogP contribution in [0.5, 0.6) is 5.75 Å². The van der Waals surface area contributed by atoms with Crippen LogP contribution in [0.25, 0.3) is 0 Å². The van der Waals surface area contributed by atoms with Gasteiger partial charge in [-0.25, -0.2) is 4.79 Å². The first kappa shape index (κ1) is 19.9. The van der Waals surface area contributed by atoms with Crippen molar-refractivity contribution in [2.45, 2.75) is 31.7 Å². The highest BCUT2D eigenvalue weighted by atomic mass is 16.5. The molecule has 28 heavy (non-hydrogen) atoms. The van der Waals surface area contributed by atoms with Crippen LogP contribution in [0.2, 0.25) is 0 Å². The molecule has 1 aliphatic heterocycles. The Morgan fingerprint density at radius 2 is 1.96 bits per heavy atom. The second-order valence-electron chi connectivity index (χ2n) is 6.76. The first-order valence-electron chi connectivity index (χ1n) is 9.53. The summed E-state index contributed by atoms with van der Waals surface area (Å²) in [7, 11) is 0. The quantitative estimate of drug-likeness (QED) is 0.616. The minimum Gasteiger partial charge on any atom is -0.493 e. The molecule has 0 spiro atoms. The van der Waals surface area contributed by atoms with E-state index < -0.39 is 12.0 Å². The number of hydrogen-bond acceptors (Lipinski definition) is 4. The molecule has 1 heterocycles. The zero-order chi connectivity index (χ0) is 19.8. The van der Waals surface area contributed by atoms with Crippen molar-refractivity contribution in [3.05, 3.63) is 65.2 Å². The molecular formula is C22H25NO5. The van der Waals surface area contributed by atoms with E-state index in [0.29, 0.717) is 31.8 Å². The summed E-state index contributed by atoms with van der Waals surface area (Å²) < 4.78 is 11.0. The number of ether oxygens (including phenoxy) is 2. The maximum atomic E-state index is 12.2. The molecule has 1 amide bonds. The van der Waals surface area contributed by atoms with Gasteiger partial charge in [0.15, 0.2) is 6.04 Å². The Hall–Kier alpha value is -2.86. The van der Waals surface area contributed by atoms with Gasteiger partial charge in [0.05, 0.1) is 13.2 Å². The molecule has 0 fully saturated rings. The SMILES string of the molecule is O=C(CCCOCCc1ccccc1)NC(C(=O)O)c1ccc2c(c1)CCO2. The van der Waals surface area contributed by atoms with Crippen molar-refractivity contribution in [3.8, 4) is 5.75 Å². The number of nitrogens with one attached hydrogen (secondary N) is 1. The third-order valence-electron chi connectivity index (χ3n) is 4.67. The van der Waals surface area contributed by atoms with Crippen LogP contribution < -0.4 is 10.1 Å². The smallest absolute Gasteiger partial charge is 0.330 e. The number of hydrogen-bond donors (Lipinski definition) is 2. The lowest BCUT2D eigenvalue weighted by atomic mass is 10.0. The van der Waals surface area contributed by atoms with Crippen LogP contribution in [0.1, 0.15) is 35.6 Å². The summed E-state index contributed by atoms with van der Waals surface area (Å²) >= 11 is 0. The number of carbonyl (C=O) groups excluding carboxylic acids is 1. The average molecular weight is 383 g/mol. The minimum atomic E-state index is -1.08. The fourth-order valence-electron chi connectivity index (χ4n) is 3.18. The van der Waals surface area contributed by atoms with E-state index in [4.69, 9.17) is 9.47 Å². The Bertz CT molecular complexity index is 806. The molecule has 0 aromatic heterocycles. The zero-order valence-electron chi connectivity index (χ0n) is 15.7. The molecule has 1 aliphatic rings. The molecule has 6 nitrogen and oxygen atoms in total. The molecule has 0 saturated carbocycles. The van der Waals surface area contributed by atoms with E-state index in [0.717, 1.165) is 24.2 Å². The molecule has 148 valence electrons. The average Bonchev–Trinajstić information content (AvgIpc) is 3.17. The van der Waals surface area contributed by atoms with Crippen LogP contribution in [0.15, 0.2) is 48.5 Å². The van der Waals surface area contributed by atoms with Crippen LogP contribution in [0.3, 0.4) is 0 Å². The molecule has 1 unspecified atom stereocenters. The van der Waals surface area contributed by atoms with Crippen molar-refractivity contribution in [1.29, 1.82) is 0 Å². The van der Waals surface area contributed by atoms with Gasteiger partial charge in [0, 0.05) is 19.4 Å². The van der Waals surface area contributed by atoms with Crippen LogP contribution in [0, 0.1) is 0 Å². The predicted molar refractivity (Wildman–Crippen MR) is 104 cm³/mol. The first-order valence-corrected chi connectivity index (χ1v) is 9.53. The van der Waals surface area contributed by atoms with Gasteiger partial charge < -0.3 is 19.9 Å². The summed E-state index contributed by atoms with van der Waals surface area (Å²) in [6.07, 6.45) is 2.36. The number of aliphatic carboxylic acids is 1. The number of rotatable bonds is 10. The fraction of sp³-hybridized carbons (Fsp3) is 0.364. The van der Waals surface area contributed by atoms with Gasteiger partial charge in [0.25, 0.3) is 0 Å². The second kappa shape index (κ2) is 9.90. The Morgan fingerprint density at radius 3 is 2.75 bits per heavy atom. The fourth-order valence-corrected chi connectivity index (χ4v) is 3.18. The largest absolute Gasteiger partial charge is 0.493 e.